The lowest BCUT2D eigenvalue weighted by atomic mass is 9.95. The molecular formula is C20H24N2O2. The number of carbonyl (C=O) groups is 1. The molecule has 24 heavy (non-hydrogen) atoms. The normalized spacial score (nSPS) is 17.4. The fraction of sp³-hybridized carbons (Fsp3) is 0.350. The highest BCUT2D eigenvalue weighted by molar-refractivity contribution is 5.92. The van der Waals surface area contributed by atoms with E-state index in [0.717, 1.165) is 37.2 Å². The predicted octanol–water partition coefficient (Wildman–Crippen LogP) is 3.07. The number of amides is 1. The third-order valence-corrected chi connectivity index (χ3v) is 4.62. The number of hydrogen-bond acceptors (Lipinski definition) is 3. The van der Waals surface area contributed by atoms with Crippen molar-refractivity contribution in [1.82, 2.24) is 4.90 Å². The van der Waals surface area contributed by atoms with E-state index in [1.807, 2.05) is 60.7 Å². The summed E-state index contributed by atoms with van der Waals surface area (Å²) in [6, 6.07) is 19.3. The summed E-state index contributed by atoms with van der Waals surface area (Å²) in [5.74, 6) is 0.153. The van der Waals surface area contributed by atoms with Crippen LogP contribution in [-0.2, 0) is 4.79 Å². The Hall–Kier alpha value is -2.17. The lowest BCUT2D eigenvalue weighted by Gasteiger charge is -2.32. The summed E-state index contributed by atoms with van der Waals surface area (Å²) < 4.78 is 0. The Morgan fingerprint density at radius 3 is 2.25 bits per heavy atom. The Morgan fingerprint density at radius 2 is 1.62 bits per heavy atom. The van der Waals surface area contributed by atoms with Gasteiger partial charge in [-0.1, -0.05) is 48.5 Å². The standard InChI is InChI=1S/C20H24N2O2/c23-19(16-7-3-1-4-8-16)15-22-13-11-17(12-14-22)20(24)21-18-9-5-2-6-10-18/h1-10,17,19,23H,11-15H2,(H,21,24). The van der Waals surface area contributed by atoms with E-state index in [9.17, 15) is 9.90 Å². The third-order valence-electron chi connectivity index (χ3n) is 4.62. The monoisotopic (exact) mass is 324 g/mol. The number of piperidine rings is 1. The molecule has 0 bridgehead atoms. The van der Waals surface area contributed by atoms with Crippen molar-refractivity contribution in [3.63, 3.8) is 0 Å². The quantitative estimate of drug-likeness (QED) is 0.889. The van der Waals surface area contributed by atoms with E-state index in [2.05, 4.69) is 10.2 Å². The number of carbonyl (C=O) groups excluding carboxylic acids is 1. The van der Waals surface area contributed by atoms with Crippen LogP contribution in [-0.4, -0.2) is 35.5 Å². The van der Waals surface area contributed by atoms with E-state index in [4.69, 9.17) is 0 Å². The van der Waals surface area contributed by atoms with Crippen LogP contribution >= 0.6 is 0 Å². The summed E-state index contributed by atoms with van der Waals surface area (Å²) in [6.45, 7) is 2.31. The van der Waals surface area contributed by atoms with Gasteiger partial charge in [-0.3, -0.25) is 4.79 Å². The van der Waals surface area contributed by atoms with Gasteiger partial charge >= 0.3 is 0 Å². The number of β-amino-alcohol motifs (C(OH)–C–C–N with tert-alkyl or cyclic N) is 1. The van der Waals surface area contributed by atoms with Crippen LogP contribution in [0.15, 0.2) is 60.7 Å². The molecule has 2 aromatic rings. The fourth-order valence-corrected chi connectivity index (χ4v) is 3.17. The first-order valence-electron chi connectivity index (χ1n) is 8.53. The zero-order valence-corrected chi connectivity index (χ0v) is 13.8. The highest BCUT2D eigenvalue weighted by Gasteiger charge is 2.26. The summed E-state index contributed by atoms with van der Waals surface area (Å²) in [7, 11) is 0. The minimum absolute atomic E-state index is 0.0512. The van der Waals surface area contributed by atoms with Gasteiger partial charge in [0, 0.05) is 18.2 Å². The molecule has 1 saturated heterocycles. The molecular weight excluding hydrogens is 300 g/mol. The topological polar surface area (TPSA) is 52.6 Å². The minimum Gasteiger partial charge on any atom is -0.387 e. The molecule has 1 aliphatic rings. The van der Waals surface area contributed by atoms with Crippen LogP contribution in [0.25, 0.3) is 0 Å². The van der Waals surface area contributed by atoms with Crippen molar-refractivity contribution in [2.24, 2.45) is 5.92 Å². The summed E-state index contributed by atoms with van der Waals surface area (Å²) in [5.41, 5.74) is 1.80. The van der Waals surface area contributed by atoms with E-state index in [1.165, 1.54) is 0 Å². The molecule has 3 rings (SSSR count). The van der Waals surface area contributed by atoms with Gasteiger partial charge in [-0.15, -0.1) is 0 Å². The number of anilines is 1. The van der Waals surface area contributed by atoms with E-state index >= 15 is 0 Å². The maximum Gasteiger partial charge on any atom is 0.227 e. The van der Waals surface area contributed by atoms with Gasteiger partial charge in [0.25, 0.3) is 0 Å². The SMILES string of the molecule is O=C(Nc1ccccc1)C1CCN(CC(O)c2ccccc2)CC1. The molecule has 2 N–H and O–H groups in total. The third kappa shape index (κ3) is 4.43. The van der Waals surface area contributed by atoms with Gasteiger partial charge in [0.1, 0.15) is 0 Å². The summed E-state index contributed by atoms with van der Waals surface area (Å²) in [6.07, 6.45) is 1.20. The Kier molecular flexibility index (Phi) is 5.62. The smallest absolute Gasteiger partial charge is 0.227 e. The molecule has 1 unspecified atom stereocenters. The van der Waals surface area contributed by atoms with Crippen LogP contribution in [0.2, 0.25) is 0 Å². The minimum atomic E-state index is -0.471. The van der Waals surface area contributed by atoms with Crippen LogP contribution < -0.4 is 5.32 Å². The van der Waals surface area contributed by atoms with Crippen molar-refractivity contribution >= 4 is 11.6 Å². The number of likely N-dealkylation sites (tertiary alicyclic amines) is 1. The highest BCUT2D eigenvalue weighted by atomic mass is 16.3. The van der Waals surface area contributed by atoms with E-state index in [0.29, 0.717) is 6.54 Å². The predicted molar refractivity (Wildman–Crippen MR) is 95.6 cm³/mol. The van der Waals surface area contributed by atoms with Gasteiger partial charge in [-0.2, -0.15) is 0 Å². The molecule has 4 nitrogen and oxygen atoms in total. The second-order valence-electron chi connectivity index (χ2n) is 6.36. The first-order chi connectivity index (χ1) is 11.7. The van der Waals surface area contributed by atoms with Gasteiger partial charge in [0.15, 0.2) is 0 Å². The molecule has 1 amide bonds. The van der Waals surface area contributed by atoms with Crippen LogP contribution in [0.4, 0.5) is 5.69 Å². The summed E-state index contributed by atoms with van der Waals surface area (Å²) in [4.78, 5) is 14.6. The Labute approximate surface area is 143 Å². The molecule has 1 fully saturated rings. The summed E-state index contributed by atoms with van der Waals surface area (Å²) >= 11 is 0. The molecule has 1 heterocycles. The van der Waals surface area contributed by atoms with Crippen molar-refractivity contribution in [2.75, 3.05) is 25.0 Å². The van der Waals surface area contributed by atoms with Gasteiger partial charge in [-0.05, 0) is 43.6 Å². The fourth-order valence-electron chi connectivity index (χ4n) is 3.17. The van der Waals surface area contributed by atoms with Gasteiger partial charge in [0.2, 0.25) is 5.91 Å². The highest BCUT2D eigenvalue weighted by Crippen LogP contribution is 2.22. The van der Waals surface area contributed by atoms with Crippen molar-refractivity contribution in [1.29, 1.82) is 0 Å². The number of para-hydroxylation sites is 1. The van der Waals surface area contributed by atoms with Gasteiger partial charge < -0.3 is 15.3 Å². The number of benzene rings is 2. The zero-order chi connectivity index (χ0) is 16.8. The second-order valence-corrected chi connectivity index (χ2v) is 6.36. The largest absolute Gasteiger partial charge is 0.387 e. The Bertz CT molecular complexity index is 637. The lowest BCUT2D eigenvalue weighted by Crippen LogP contribution is -2.40. The van der Waals surface area contributed by atoms with E-state index in [-0.39, 0.29) is 11.8 Å². The Morgan fingerprint density at radius 1 is 1.04 bits per heavy atom. The number of rotatable bonds is 5. The molecule has 0 aromatic heterocycles. The average molecular weight is 324 g/mol. The van der Waals surface area contributed by atoms with Crippen molar-refractivity contribution in [3.8, 4) is 0 Å². The first kappa shape index (κ1) is 16.7. The van der Waals surface area contributed by atoms with Gasteiger partial charge in [-0.25, -0.2) is 0 Å². The molecule has 126 valence electrons. The van der Waals surface area contributed by atoms with Crippen molar-refractivity contribution in [3.05, 3.63) is 66.2 Å². The number of aliphatic hydroxyl groups is 1. The number of nitrogens with zero attached hydrogens (tertiary/aromatic N) is 1. The molecule has 0 radical (unpaired) electrons. The first-order valence-corrected chi connectivity index (χ1v) is 8.53. The van der Waals surface area contributed by atoms with Crippen LogP contribution in [0.3, 0.4) is 0 Å². The van der Waals surface area contributed by atoms with Crippen LogP contribution in [0, 0.1) is 5.92 Å². The summed E-state index contributed by atoms with van der Waals surface area (Å²) in [5, 5.41) is 13.3. The molecule has 0 spiro atoms. The second kappa shape index (κ2) is 8.08. The van der Waals surface area contributed by atoms with Crippen LogP contribution in [0.5, 0.6) is 0 Å². The molecule has 0 saturated carbocycles. The number of aliphatic hydroxyl groups excluding tert-OH is 1. The average Bonchev–Trinajstić information content (AvgIpc) is 2.64. The van der Waals surface area contributed by atoms with Crippen molar-refractivity contribution < 1.29 is 9.90 Å². The number of hydrogen-bond donors (Lipinski definition) is 2. The Balaban J connectivity index is 1.46. The molecule has 2 aromatic carbocycles. The number of nitrogens with one attached hydrogen (secondary N) is 1. The van der Waals surface area contributed by atoms with Crippen molar-refractivity contribution in [2.45, 2.75) is 18.9 Å². The molecule has 4 heteroatoms. The van der Waals surface area contributed by atoms with E-state index in [1.54, 1.807) is 0 Å². The van der Waals surface area contributed by atoms with E-state index < -0.39 is 6.10 Å². The zero-order valence-electron chi connectivity index (χ0n) is 13.8. The molecule has 1 atom stereocenters. The van der Waals surface area contributed by atoms with Gasteiger partial charge in [0.05, 0.1) is 6.10 Å². The maximum absolute atomic E-state index is 12.3. The molecule has 0 aliphatic carbocycles. The maximum atomic E-state index is 12.3. The van der Waals surface area contributed by atoms with Crippen LogP contribution in [0.1, 0.15) is 24.5 Å². The molecule has 1 aliphatic heterocycles. The lowest BCUT2D eigenvalue weighted by molar-refractivity contribution is -0.121.